The number of β-amino-alcohol motifs (C(OH)–C–C–N with tert-alkyl or cyclic N) is 1. The lowest BCUT2D eigenvalue weighted by atomic mass is 10.1. The molecule has 2 aromatic carbocycles. The average molecular weight is 314 g/mol. The number of benzene rings is 2. The lowest BCUT2D eigenvalue weighted by Crippen LogP contribution is -2.44. The molecule has 0 saturated carbocycles. The molecule has 1 fully saturated rings. The number of ether oxygens (including phenoxy) is 1. The Morgan fingerprint density at radius 3 is 2.70 bits per heavy atom. The van der Waals surface area contributed by atoms with Gasteiger partial charge in [0.2, 0.25) is 0 Å². The SMILES string of the molecule is O=C(NCC(O)CN1CCOCC1)c1ccc2ccccc2c1. The highest BCUT2D eigenvalue weighted by Gasteiger charge is 2.16. The minimum atomic E-state index is -0.572. The van der Waals surface area contributed by atoms with Gasteiger partial charge in [-0.15, -0.1) is 0 Å². The Labute approximate surface area is 135 Å². The Morgan fingerprint density at radius 1 is 1.17 bits per heavy atom. The van der Waals surface area contributed by atoms with Crippen LogP contribution in [0.15, 0.2) is 42.5 Å². The molecule has 0 bridgehead atoms. The molecule has 1 saturated heterocycles. The maximum absolute atomic E-state index is 12.2. The average Bonchev–Trinajstić information content (AvgIpc) is 2.60. The van der Waals surface area contributed by atoms with Crippen molar-refractivity contribution in [2.45, 2.75) is 6.10 Å². The van der Waals surface area contributed by atoms with E-state index < -0.39 is 6.10 Å². The van der Waals surface area contributed by atoms with Crippen LogP contribution in [0.5, 0.6) is 0 Å². The Morgan fingerprint density at radius 2 is 1.91 bits per heavy atom. The molecule has 0 aliphatic carbocycles. The van der Waals surface area contributed by atoms with E-state index >= 15 is 0 Å². The van der Waals surface area contributed by atoms with Crippen LogP contribution in [-0.2, 0) is 4.74 Å². The van der Waals surface area contributed by atoms with Gasteiger partial charge in [-0.25, -0.2) is 0 Å². The highest BCUT2D eigenvalue weighted by atomic mass is 16.5. The molecule has 0 spiro atoms. The van der Waals surface area contributed by atoms with Crippen LogP contribution in [0.25, 0.3) is 10.8 Å². The largest absolute Gasteiger partial charge is 0.390 e. The molecule has 1 atom stereocenters. The lowest BCUT2D eigenvalue weighted by Gasteiger charge is -2.28. The van der Waals surface area contributed by atoms with Gasteiger partial charge in [0.25, 0.3) is 5.91 Å². The summed E-state index contributed by atoms with van der Waals surface area (Å²) < 4.78 is 5.28. The number of hydrogen-bond acceptors (Lipinski definition) is 4. The fourth-order valence-electron chi connectivity index (χ4n) is 2.79. The predicted molar refractivity (Wildman–Crippen MR) is 89.5 cm³/mol. The van der Waals surface area contributed by atoms with Crippen molar-refractivity contribution in [1.82, 2.24) is 10.2 Å². The molecule has 1 amide bonds. The third-order valence-corrected chi connectivity index (χ3v) is 4.08. The third-order valence-electron chi connectivity index (χ3n) is 4.08. The zero-order valence-corrected chi connectivity index (χ0v) is 13.1. The maximum Gasteiger partial charge on any atom is 0.251 e. The fourth-order valence-corrected chi connectivity index (χ4v) is 2.79. The highest BCUT2D eigenvalue weighted by Crippen LogP contribution is 2.15. The van der Waals surface area contributed by atoms with Crippen molar-refractivity contribution in [3.8, 4) is 0 Å². The van der Waals surface area contributed by atoms with Crippen molar-refractivity contribution in [1.29, 1.82) is 0 Å². The van der Waals surface area contributed by atoms with E-state index in [2.05, 4.69) is 10.2 Å². The van der Waals surface area contributed by atoms with Crippen LogP contribution in [0.3, 0.4) is 0 Å². The van der Waals surface area contributed by atoms with Gasteiger partial charge in [0.15, 0.2) is 0 Å². The molecule has 5 heteroatoms. The van der Waals surface area contributed by atoms with Gasteiger partial charge in [-0.2, -0.15) is 0 Å². The second-order valence-corrected chi connectivity index (χ2v) is 5.84. The minimum Gasteiger partial charge on any atom is -0.390 e. The second kappa shape index (κ2) is 7.55. The molecule has 122 valence electrons. The van der Waals surface area contributed by atoms with Crippen LogP contribution in [0.1, 0.15) is 10.4 Å². The van der Waals surface area contributed by atoms with E-state index in [4.69, 9.17) is 4.74 Å². The van der Waals surface area contributed by atoms with E-state index in [9.17, 15) is 9.90 Å². The van der Waals surface area contributed by atoms with E-state index in [1.165, 1.54) is 0 Å². The summed E-state index contributed by atoms with van der Waals surface area (Å²) in [5, 5.41) is 15.0. The van der Waals surface area contributed by atoms with Gasteiger partial charge < -0.3 is 15.2 Å². The molecule has 5 nitrogen and oxygen atoms in total. The van der Waals surface area contributed by atoms with E-state index in [1.807, 2.05) is 42.5 Å². The molecular weight excluding hydrogens is 292 g/mol. The van der Waals surface area contributed by atoms with Gasteiger partial charge >= 0.3 is 0 Å². The number of nitrogens with zero attached hydrogens (tertiary/aromatic N) is 1. The summed E-state index contributed by atoms with van der Waals surface area (Å²) in [7, 11) is 0. The van der Waals surface area contributed by atoms with Gasteiger partial charge in [-0.3, -0.25) is 9.69 Å². The standard InChI is InChI=1S/C18H22N2O3/c21-17(13-20-7-9-23-10-8-20)12-19-18(22)16-6-5-14-3-1-2-4-15(14)11-16/h1-6,11,17,21H,7-10,12-13H2,(H,19,22). The van der Waals surface area contributed by atoms with Crippen molar-refractivity contribution < 1.29 is 14.6 Å². The number of fused-ring (bicyclic) bond motifs is 1. The van der Waals surface area contributed by atoms with Crippen molar-refractivity contribution in [2.75, 3.05) is 39.4 Å². The smallest absolute Gasteiger partial charge is 0.251 e. The number of rotatable bonds is 5. The van der Waals surface area contributed by atoms with Crippen LogP contribution in [0.2, 0.25) is 0 Å². The third kappa shape index (κ3) is 4.28. The van der Waals surface area contributed by atoms with Crippen molar-refractivity contribution in [3.63, 3.8) is 0 Å². The number of aliphatic hydroxyl groups is 1. The summed E-state index contributed by atoms with van der Waals surface area (Å²) in [6.07, 6.45) is -0.572. The minimum absolute atomic E-state index is 0.156. The lowest BCUT2D eigenvalue weighted by molar-refractivity contribution is 0.0149. The van der Waals surface area contributed by atoms with Crippen molar-refractivity contribution in [3.05, 3.63) is 48.0 Å². The monoisotopic (exact) mass is 314 g/mol. The number of aliphatic hydroxyl groups excluding tert-OH is 1. The van der Waals surface area contributed by atoms with Crippen molar-refractivity contribution >= 4 is 16.7 Å². The Kier molecular flexibility index (Phi) is 5.23. The summed E-state index contributed by atoms with van der Waals surface area (Å²) >= 11 is 0. The molecule has 2 N–H and O–H groups in total. The summed E-state index contributed by atoms with van der Waals surface area (Å²) in [6.45, 7) is 3.88. The highest BCUT2D eigenvalue weighted by molar-refractivity contribution is 5.98. The van der Waals surface area contributed by atoms with Crippen LogP contribution in [0.4, 0.5) is 0 Å². The molecule has 23 heavy (non-hydrogen) atoms. The topological polar surface area (TPSA) is 61.8 Å². The first-order valence-corrected chi connectivity index (χ1v) is 7.97. The quantitative estimate of drug-likeness (QED) is 0.872. The zero-order chi connectivity index (χ0) is 16.1. The van der Waals surface area contributed by atoms with Gasteiger partial charge in [0.1, 0.15) is 0 Å². The van der Waals surface area contributed by atoms with Crippen LogP contribution in [-0.4, -0.2) is 61.4 Å². The predicted octanol–water partition coefficient (Wildman–Crippen LogP) is 1.26. The number of carbonyl (C=O) groups excluding carboxylic acids is 1. The number of hydrogen-bond donors (Lipinski definition) is 2. The number of morpholine rings is 1. The Balaban J connectivity index is 1.53. The summed E-state index contributed by atoms with van der Waals surface area (Å²) in [5.41, 5.74) is 0.613. The summed E-state index contributed by atoms with van der Waals surface area (Å²) in [5.74, 6) is -0.156. The van der Waals surface area contributed by atoms with Gasteiger partial charge in [-0.1, -0.05) is 30.3 Å². The number of nitrogens with one attached hydrogen (secondary N) is 1. The van der Waals surface area contributed by atoms with Crippen LogP contribution in [0, 0.1) is 0 Å². The fraction of sp³-hybridized carbons (Fsp3) is 0.389. The molecule has 1 heterocycles. The van der Waals surface area contributed by atoms with Gasteiger partial charge in [0, 0.05) is 31.7 Å². The normalized spacial score (nSPS) is 17.1. The molecule has 0 aromatic heterocycles. The second-order valence-electron chi connectivity index (χ2n) is 5.84. The van der Waals surface area contributed by atoms with Crippen molar-refractivity contribution in [2.24, 2.45) is 0 Å². The van der Waals surface area contributed by atoms with Crippen LogP contribution < -0.4 is 5.32 Å². The maximum atomic E-state index is 12.2. The van der Waals surface area contributed by atoms with E-state index in [1.54, 1.807) is 0 Å². The van der Waals surface area contributed by atoms with E-state index in [0.29, 0.717) is 25.3 Å². The first kappa shape index (κ1) is 15.9. The summed E-state index contributed by atoms with van der Waals surface area (Å²) in [4.78, 5) is 14.4. The molecular formula is C18H22N2O3. The molecule has 3 rings (SSSR count). The Bertz CT molecular complexity index is 668. The van der Waals surface area contributed by atoms with Crippen LogP contribution >= 0.6 is 0 Å². The molecule has 0 radical (unpaired) electrons. The first-order chi connectivity index (χ1) is 11.2. The number of amides is 1. The molecule has 1 aliphatic rings. The number of carbonyl (C=O) groups is 1. The molecule has 1 aliphatic heterocycles. The Hall–Kier alpha value is -1.95. The molecule has 2 aromatic rings. The van der Waals surface area contributed by atoms with E-state index in [-0.39, 0.29) is 12.5 Å². The molecule has 1 unspecified atom stereocenters. The van der Waals surface area contributed by atoms with Gasteiger partial charge in [0.05, 0.1) is 19.3 Å². The van der Waals surface area contributed by atoms with E-state index in [0.717, 1.165) is 23.9 Å². The van der Waals surface area contributed by atoms with Gasteiger partial charge in [-0.05, 0) is 22.9 Å². The zero-order valence-electron chi connectivity index (χ0n) is 13.1. The summed E-state index contributed by atoms with van der Waals surface area (Å²) in [6, 6.07) is 13.6. The first-order valence-electron chi connectivity index (χ1n) is 7.97.